The van der Waals surface area contributed by atoms with Crippen LogP contribution in [-0.4, -0.2) is 27.6 Å². The van der Waals surface area contributed by atoms with Gasteiger partial charge in [0.25, 0.3) is 11.8 Å². The van der Waals surface area contributed by atoms with E-state index < -0.39 is 0 Å². The highest BCUT2D eigenvalue weighted by molar-refractivity contribution is 7.17. The Morgan fingerprint density at radius 2 is 2.33 bits per heavy atom. The monoisotopic (exact) mass is 342 g/mol. The Kier molecular flexibility index (Phi) is 3.83. The number of anilines is 1. The van der Waals surface area contributed by atoms with E-state index in [-0.39, 0.29) is 5.91 Å². The van der Waals surface area contributed by atoms with Gasteiger partial charge in [-0.05, 0) is 31.0 Å². The van der Waals surface area contributed by atoms with E-state index in [2.05, 4.69) is 20.4 Å². The summed E-state index contributed by atoms with van der Waals surface area (Å²) in [5.41, 5.74) is 2.40. The molecule has 7 nitrogen and oxygen atoms in total. The van der Waals surface area contributed by atoms with Gasteiger partial charge >= 0.3 is 0 Å². The number of carbonyl (C=O) groups excluding carboxylic acids is 1. The number of rotatable bonds is 3. The van der Waals surface area contributed by atoms with Gasteiger partial charge in [0, 0.05) is 17.3 Å². The van der Waals surface area contributed by atoms with Crippen LogP contribution in [0.15, 0.2) is 29.0 Å². The van der Waals surface area contributed by atoms with Gasteiger partial charge in [0.2, 0.25) is 0 Å². The third-order valence-corrected chi connectivity index (χ3v) is 4.83. The van der Waals surface area contributed by atoms with Crippen LogP contribution in [0.1, 0.15) is 26.6 Å². The highest BCUT2D eigenvalue weighted by atomic mass is 32.1. The molecule has 1 N–H and O–H groups in total. The summed E-state index contributed by atoms with van der Waals surface area (Å²) in [4.78, 5) is 21.9. The molecule has 4 heterocycles. The molecule has 0 spiro atoms. The van der Waals surface area contributed by atoms with E-state index in [0.29, 0.717) is 35.5 Å². The van der Waals surface area contributed by atoms with Crippen LogP contribution in [0.25, 0.3) is 11.5 Å². The highest BCUT2D eigenvalue weighted by Crippen LogP contribution is 2.42. The van der Waals surface area contributed by atoms with Crippen LogP contribution >= 0.6 is 11.3 Å². The average molecular weight is 342 g/mol. The van der Waals surface area contributed by atoms with Crippen molar-refractivity contribution in [2.45, 2.75) is 20.0 Å². The second-order valence-corrected chi connectivity index (χ2v) is 6.46. The summed E-state index contributed by atoms with van der Waals surface area (Å²) in [6.07, 6.45) is 3.92. The topological polar surface area (TPSA) is 90.1 Å². The maximum atomic E-state index is 12.5. The predicted molar refractivity (Wildman–Crippen MR) is 87.9 cm³/mol. The summed E-state index contributed by atoms with van der Waals surface area (Å²) >= 11 is 1.48. The maximum Gasteiger partial charge on any atom is 0.261 e. The first kappa shape index (κ1) is 15.0. The summed E-state index contributed by atoms with van der Waals surface area (Å²) in [6, 6.07) is 3.44. The van der Waals surface area contributed by atoms with Crippen molar-refractivity contribution >= 4 is 22.2 Å². The van der Waals surface area contributed by atoms with Crippen LogP contribution in [0, 0.1) is 6.92 Å². The molecule has 0 saturated heterocycles. The minimum absolute atomic E-state index is 0.222. The number of ether oxygens (including phenoxy) is 1. The number of fused-ring (bicyclic) bond motifs is 1. The molecule has 0 radical (unpaired) electrons. The zero-order valence-corrected chi connectivity index (χ0v) is 13.7. The quantitative estimate of drug-likeness (QED) is 0.787. The smallest absolute Gasteiger partial charge is 0.261 e. The fourth-order valence-corrected chi connectivity index (χ4v) is 3.79. The van der Waals surface area contributed by atoms with Crippen LogP contribution < -0.4 is 5.32 Å². The first-order valence-corrected chi connectivity index (χ1v) is 8.28. The van der Waals surface area contributed by atoms with E-state index in [1.165, 1.54) is 17.5 Å². The van der Waals surface area contributed by atoms with Crippen molar-refractivity contribution in [2.75, 3.05) is 11.9 Å². The zero-order valence-electron chi connectivity index (χ0n) is 12.9. The molecule has 122 valence electrons. The van der Waals surface area contributed by atoms with E-state index in [1.54, 1.807) is 25.3 Å². The van der Waals surface area contributed by atoms with Gasteiger partial charge < -0.3 is 14.6 Å². The van der Waals surface area contributed by atoms with Crippen molar-refractivity contribution in [3.63, 3.8) is 0 Å². The molecule has 3 aromatic heterocycles. The molecule has 0 aliphatic carbocycles. The lowest BCUT2D eigenvalue weighted by molar-refractivity contribution is 0.102. The summed E-state index contributed by atoms with van der Waals surface area (Å²) in [5.74, 6) is 0.759. The second kappa shape index (κ2) is 6.14. The number of aromatic nitrogens is 3. The molecule has 1 aliphatic heterocycles. The summed E-state index contributed by atoms with van der Waals surface area (Å²) in [5, 5.41) is 7.51. The van der Waals surface area contributed by atoms with Gasteiger partial charge in [0.1, 0.15) is 5.00 Å². The molecule has 0 bridgehead atoms. The van der Waals surface area contributed by atoms with E-state index in [4.69, 9.17) is 9.26 Å². The first-order valence-electron chi connectivity index (χ1n) is 7.46. The van der Waals surface area contributed by atoms with E-state index in [0.717, 1.165) is 22.4 Å². The zero-order chi connectivity index (χ0) is 16.5. The van der Waals surface area contributed by atoms with E-state index in [1.807, 2.05) is 0 Å². The van der Waals surface area contributed by atoms with Gasteiger partial charge in [-0.1, -0.05) is 5.16 Å². The normalized spacial score (nSPS) is 13.5. The Balaban J connectivity index is 1.75. The number of amides is 1. The van der Waals surface area contributed by atoms with Crippen LogP contribution in [0.2, 0.25) is 0 Å². The SMILES string of the molecule is Cc1noc(-c2c(NC(=O)c3cccnc3)sc3c2CCOC3)n1. The van der Waals surface area contributed by atoms with Gasteiger partial charge in [-0.25, -0.2) is 0 Å². The number of nitrogens with one attached hydrogen (secondary N) is 1. The molecule has 0 unspecified atom stereocenters. The molecule has 1 amide bonds. The lowest BCUT2D eigenvalue weighted by atomic mass is 10.1. The van der Waals surface area contributed by atoms with Gasteiger partial charge in [0.05, 0.1) is 24.3 Å². The third kappa shape index (κ3) is 2.70. The summed E-state index contributed by atoms with van der Waals surface area (Å²) < 4.78 is 10.9. The number of hydrogen-bond acceptors (Lipinski definition) is 7. The van der Waals surface area contributed by atoms with Gasteiger partial charge in [-0.2, -0.15) is 4.98 Å². The summed E-state index contributed by atoms with van der Waals surface area (Å²) in [6.45, 7) is 2.94. The van der Waals surface area contributed by atoms with Gasteiger partial charge in [0.15, 0.2) is 5.82 Å². The number of hydrogen-bond donors (Lipinski definition) is 1. The van der Waals surface area contributed by atoms with Crippen molar-refractivity contribution in [2.24, 2.45) is 0 Å². The van der Waals surface area contributed by atoms with Gasteiger partial charge in [-0.15, -0.1) is 11.3 Å². The third-order valence-electron chi connectivity index (χ3n) is 3.71. The fourth-order valence-electron chi connectivity index (χ4n) is 2.62. The number of nitrogens with zero attached hydrogens (tertiary/aromatic N) is 3. The van der Waals surface area contributed by atoms with Crippen molar-refractivity contribution in [3.05, 3.63) is 46.4 Å². The number of carbonyl (C=O) groups is 1. The largest absolute Gasteiger partial charge is 0.376 e. The van der Waals surface area contributed by atoms with E-state index in [9.17, 15) is 4.79 Å². The van der Waals surface area contributed by atoms with Crippen molar-refractivity contribution in [3.8, 4) is 11.5 Å². The van der Waals surface area contributed by atoms with Crippen LogP contribution in [0.4, 0.5) is 5.00 Å². The standard InChI is InChI=1S/C16H14N4O3S/c1-9-18-15(23-20-9)13-11-4-6-22-8-12(11)24-16(13)19-14(21)10-3-2-5-17-7-10/h2-3,5,7H,4,6,8H2,1H3,(H,19,21). The molecule has 0 fully saturated rings. The molecular weight excluding hydrogens is 328 g/mol. The Morgan fingerprint density at radius 1 is 1.42 bits per heavy atom. The first-order chi connectivity index (χ1) is 11.7. The molecule has 4 rings (SSSR count). The highest BCUT2D eigenvalue weighted by Gasteiger charge is 2.26. The molecule has 3 aromatic rings. The van der Waals surface area contributed by atoms with Crippen molar-refractivity contribution in [1.82, 2.24) is 15.1 Å². The lowest BCUT2D eigenvalue weighted by Crippen LogP contribution is -2.12. The Morgan fingerprint density at radius 3 is 3.08 bits per heavy atom. The number of aryl methyl sites for hydroxylation is 1. The van der Waals surface area contributed by atoms with Crippen LogP contribution in [-0.2, 0) is 17.8 Å². The Bertz CT molecular complexity index is 888. The summed E-state index contributed by atoms with van der Waals surface area (Å²) in [7, 11) is 0. The Labute approximate surface area is 141 Å². The molecule has 0 saturated carbocycles. The maximum absolute atomic E-state index is 12.5. The second-order valence-electron chi connectivity index (χ2n) is 5.35. The molecule has 0 aromatic carbocycles. The minimum atomic E-state index is -0.222. The van der Waals surface area contributed by atoms with Gasteiger partial charge in [-0.3, -0.25) is 9.78 Å². The fraction of sp³-hybridized carbons (Fsp3) is 0.250. The predicted octanol–water partition coefficient (Wildman–Crippen LogP) is 2.83. The van der Waals surface area contributed by atoms with Crippen molar-refractivity contribution in [1.29, 1.82) is 0 Å². The average Bonchev–Trinajstić information content (AvgIpc) is 3.18. The van der Waals surface area contributed by atoms with Crippen LogP contribution in [0.3, 0.4) is 0 Å². The minimum Gasteiger partial charge on any atom is -0.376 e. The van der Waals surface area contributed by atoms with E-state index >= 15 is 0 Å². The molecule has 8 heteroatoms. The molecular formula is C16H14N4O3S. The van der Waals surface area contributed by atoms with Crippen LogP contribution in [0.5, 0.6) is 0 Å². The Hall–Kier alpha value is -2.58. The number of thiophene rings is 1. The van der Waals surface area contributed by atoms with Crippen molar-refractivity contribution < 1.29 is 14.1 Å². The number of pyridine rings is 1. The molecule has 1 aliphatic rings. The molecule has 0 atom stereocenters. The lowest BCUT2D eigenvalue weighted by Gasteiger charge is -2.12. The molecule has 24 heavy (non-hydrogen) atoms.